The second kappa shape index (κ2) is 8.39. The highest BCUT2D eigenvalue weighted by atomic mass is 15.2. The summed E-state index contributed by atoms with van der Waals surface area (Å²) >= 11 is 0. The third kappa shape index (κ3) is 3.62. The molecule has 8 nitrogen and oxygen atoms in total. The standard InChI is InChI=1S/C26H26N8/c27-19-4-2-9-33(16-19)24-15-31-23(21-5-1-3-17-6-7-29-14-22(17)21)12-18(24)11-20-13-32-26-25(28)30-8-10-34(20)26/h1,3,5-8,10,12-15,19H,2,4,9,11,16,27H2,(H2,28,30)/t19-/m1/s1. The van der Waals surface area contributed by atoms with Gasteiger partial charge in [0.1, 0.15) is 0 Å². The van der Waals surface area contributed by atoms with Gasteiger partial charge in [0, 0.05) is 73.2 Å². The molecule has 1 atom stereocenters. The number of benzene rings is 1. The lowest BCUT2D eigenvalue weighted by Gasteiger charge is -2.34. The smallest absolute Gasteiger partial charge is 0.180 e. The van der Waals surface area contributed by atoms with Gasteiger partial charge in [-0.25, -0.2) is 9.97 Å². The molecule has 8 heteroatoms. The van der Waals surface area contributed by atoms with Crippen LogP contribution in [0.3, 0.4) is 0 Å². The third-order valence-electron chi connectivity index (χ3n) is 6.63. The summed E-state index contributed by atoms with van der Waals surface area (Å²) in [5.41, 5.74) is 18.4. The highest BCUT2D eigenvalue weighted by Crippen LogP contribution is 2.32. The van der Waals surface area contributed by atoms with Gasteiger partial charge in [0.15, 0.2) is 11.5 Å². The fourth-order valence-corrected chi connectivity index (χ4v) is 4.94. The molecule has 4 aromatic heterocycles. The third-order valence-corrected chi connectivity index (χ3v) is 6.63. The zero-order chi connectivity index (χ0) is 23.1. The van der Waals surface area contributed by atoms with Crippen molar-refractivity contribution < 1.29 is 0 Å². The molecule has 0 unspecified atom stereocenters. The second-order valence-corrected chi connectivity index (χ2v) is 8.88. The molecular formula is C26H26N8. The molecule has 1 aliphatic rings. The molecule has 6 rings (SSSR count). The van der Waals surface area contributed by atoms with Crippen molar-refractivity contribution in [1.29, 1.82) is 0 Å². The number of fused-ring (bicyclic) bond motifs is 2. The van der Waals surface area contributed by atoms with E-state index in [2.05, 4.69) is 44.1 Å². The van der Waals surface area contributed by atoms with Gasteiger partial charge in [0.2, 0.25) is 0 Å². The zero-order valence-electron chi connectivity index (χ0n) is 18.8. The summed E-state index contributed by atoms with van der Waals surface area (Å²) in [7, 11) is 0. The van der Waals surface area contributed by atoms with Crippen molar-refractivity contribution in [2.45, 2.75) is 25.3 Å². The van der Waals surface area contributed by atoms with Crippen LogP contribution in [0.5, 0.6) is 0 Å². The number of rotatable bonds is 4. The summed E-state index contributed by atoms with van der Waals surface area (Å²) in [5, 5.41) is 2.23. The van der Waals surface area contributed by atoms with E-state index in [-0.39, 0.29) is 6.04 Å². The van der Waals surface area contributed by atoms with E-state index in [1.54, 1.807) is 6.20 Å². The Labute approximate surface area is 197 Å². The average Bonchev–Trinajstić information content (AvgIpc) is 3.28. The first kappa shape index (κ1) is 20.6. The van der Waals surface area contributed by atoms with E-state index < -0.39 is 0 Å². The molecule has 0 spiro atoms. The average molecular weight is 451 g/mol. The monoisotopic (exact) mass is 450 g/mol. The maximum absolute atomic E-state index is 6.32. The number of piperidine rings is 1. The largest absolute Gasteiger partial charge is 0.381 e. The van der Waals surface area contributed by atoms with Gasteiger partial charge in [-0.1, -0.05) is 18.2 Å². The van der Waals surface area contributed by atoms with E-state index in [1.165, 1.54) is 5.56 Å². The van der Waals surface area contributed by atoms with Gasteiger partial charge in [-0.15, -0.1) is 0 Å². The van der Waals surface area contributed by atoms with E-state index in [4.69, 9.17) is 16.5 Å². The van der Waals surface area contributed by atoms with Gasteiger partial charge in [-0.05, 0) is 35.9 Å². The molecule has 0 amide bonds. The minimum absolute atomic E-state index is 0.173. The Morgan fingerprint density at radius 3 is 2.88 bits per heavy atom. The Balaban J connectivity index is 1.48. The van der Waals surface area contributed by atoms with Crippen molar-refractivity contribution in [3.05, 3.63) is 78.8 Å². The fourth-order valence-electron chi connectivity index (χ4n) is 4.94. The maximum Gasteiger partial charge on any atom is 0.180 e. The summed E-state index contributed by atoms with van der Waals surface area (Å²) in [6, 6.07) is 10.7. The molecule has 34 heavy (non-hydrogen) atoms. The van der Waals surface area contributed by atoms with Crippen LogP contribution in [-0.4, -0.2) is 43.5 Å². The van der Waals surface area contributed by atoms with Crippen LogP contribution >= 0.6 is 0 Å². The number of hydrogen-bond donors (Lipinski definition) is 2. The van der Waals surface area contributed by atoms with Gasteiger partial charge < -0.3 is 16.4 Å². The van der Waals surface area contributed by atoms with E-state index in [0.717, 1.165) is 59.3 Å². The normalized spacial score (nSPS) is 16.4. The molecule has 0 bridgehead atoms. The van der Waals surface area contributed by atoms with Crippen molar-refractivity contribution in [1.82, 2.24) is 24.3 Å². The van der Waals surface area contributed by atoms with Gasteiger partial charge in [0.25, 0.3) is 0 Å². The Kier molecular flexibility index (Phi) is 5.07. The topological polar surface area (TPSA) is 111 Å². The van der Waals surface area contributed by atoms with Crippen molar-refractivity contribution in [3.8, 4) is 11.3 Å². The van der Waals surface area contributed by atoms with Crippen molar-refractivity contribution >= 4 is 27.9 Å². The molecule has 1 saturated heterocycles. The molecule has 1 fully saturated rings. The van der Waals surface area contributed by atoms with Crippen LogP contribution in [0.4, 0.5) is 11.5 Å². The first-order valence-corrected chi connectivity index (χ1v) is 11.6. The van der Waals surface area contributed by atoms with Gasteiger partial charge in [-0.3, -0.25) is 14.4 Å². The minimum Gasteiger partial charge on any atom is -0.381 e. The van der Waals surface area contributed by atoms with E-state index in [9.17, 15) is 0 Å². The first-order valence-electron chi connectivity index (χ1n) is 11.6. The number of anilines is 2. The van der Waals surface area contributed by atoms with Gasteiger partial charge in [0.05, 0.1) is 17.6 Å². The number of nitrogens with zero attached hydrogens (tertiary/aromatic N) is 6. The molecule has 4 N–H and O–H groups in total. The minimum atomic E-state index is 0.173. The Bertz CT molecular complexity index is 1490. The summed E-state index contributed by atoms with van der Waals surface area (Å²) < 4.78 is 2.01. The quantitative estimate of drug-likeness (QED) is 0.431. The van der Waals surface area contributed by atoms with Crippen LogP contribution in [0.15, 0.2) is 67.5 Å². The zero-order valence-corrected chi connectivity index (χ0v) is 18.8. The van der Waals surface area contributed by atoms with Crippen molar-refractivity contribution in [2.24, 2.45) is 5.73 Å². The predicted octanol–water partition coefficient (Wildman–Crippen LogP) is 3.44. The van der Waals surface area contributed by atoms with Crippen LogP contribution in [0, 0.1) is 0 Å². The predicted molar refractivity (Wildman–Crippen MR) is 135 cm³/mol. The highest BCUT2D eigenvalue weighted by molar-refractivity contribution is 5.95. The van der Waals surface area contributed by atoms with E-state index in [0.29, 0.717) is 17.9 Å². The number of nitrogens with two attached hydrogens (primary N) is 2. The fraction of sp³-hybridized carbons (Fsp3) is 0.231. The lowest BCUT2D eigenvalue weighted by atomic mass is 9.99. The van der Waals surface area contributed by atoms with Crippen LogP contribution in [0.2, 0.25) is 0 Å². The van der Waals surface area contributed by atoms with E-state index in [1.807, 2.05) is 41.5 Å². The van der Waals surface area contributed by atoms with Crippen LogP contribution in [-0.2, 0) is 6.42 Å². The molecular weight excluding hydrogens is 424 g/mol. The molecule has 170 valence electrons. The molecule has 0 saturated carbocycles. The Hall–Kier alpha value is -4.04. The van der Waals surface area contributed by atoms with Gasteiger partial charge in [-0.2, -0.15) is 0 Å². The Morgan fingerprint density at radius 1 is 1.03 bits per heavy atom. The molecule has 1 aromatic carbocycles. The number of pyridine rings is 2. The molecule has 0 aliphatic carbocycles. The van der Waals surface area contributed by atoms with Crippen LogP contribution < -0.4 is 16.4 Å². The summed E-state index contributed by atoms with van der Waals surface area (Å²) in [6.07, 6.45) is 14.0. The summed E-state index contributed by atoms with van der Waals surface area (Å²) in [6.45, 7) is 1.81. The van der Waals surface area contributed by atoms with E-state index >= 15 is 0 Å². The Morgan fingerprint density at radius 2 is 1.97 bits per heavy atom. The maximum atomic E-state index is 6.32. The van der Waals surface area contributed by atoms with Crippen LogP contribution in [0.1, 0.15) is 24.1 Å². The van der Waals surface area contributed by atoms with Crippen LogP contribution in [0.25, 0.3) is 27.7 Å². The number of aromatic nitrogens is 5. The number of nitrogen functional groups attached to an aromatic ring is 1. The summed E-state index contributed by atoms with van der Waals surface area (Å²) in [5.74, 6) is 0.426. The molecule has 5 heterocycles. The van der Waals surface area contributed by atoms with Gasteiger partial charge >= 0.3 is 0 Å². The summed E-state index contributed by atoms with van der Waals surface area (Å²) in [4.78, 5) is 20.3. The SMILES string of the molecule is Nc1nccn2c(Cc3cc(-c4cccc5ccncc45)ncc3N3CCC[C@@H](N)C3)cnc12. The van der Waals surface area contributed by atoms with Crippen molar-refractivity contribution in [2.75, 3.05) is 23.7 Å². The molecule has 5 aromatic rings. The van der Waals surface area contributed by atoms with Crippen molar-refractivity contribution in [3.63, 3.8) is 0 Å². The number of hydrogen-bond acceptors (Lipinski definition) is 7. The first-order chi connectivity index (χ1) is 16.7. The lowest BCUT2D eigenvalue weighted by molar-refractivity contribution is 0.505. The second-order valence-electron chi connectivity index (χ2n) is 8.88. The lowest BCUT2D eigenvalue weighted by Crippen LogP contribution is -2.43. The molecule has 1 aliphatic heterocycles. The highest BCUT2D eigenvalue weighted by Gasteiger charge is 2.21. The number of imidazole rings is 1. The molecule has 0 radical (unpaired) electrons.